The molecule has 2 N–H and O–H groups in total. The number of benzene rings is 2. The van der Waals surface area contributed by atoms with Crippen molar-refractivity contribution in [3.05, 3.63) is 59.7 Å². The van der Waals surface area contributed by atoms with Crippen molar-refractivity contribution in [2.24, 2.45) is 0 Å². The number of carbonyl (C=O) groups is 3. The highest BCUT2D eigenvalue weighted by Crippen LogP contribution is 2.44. The summed E-state index contributed by atoms with van der Waals surface area (Å²) in [6, 6.07) is 14.7. The molecule has 3 heterocycles. The number of aliphatic carboxylic acids is 1. The fourth-order valence-corrected chi connectivity index (χ4v) is 5.38. The topological polar surface area (TPSA) is 105 Å². The van der Waals surface area contributed by atoms with Crippen LogP contribution in [0.1, 0.15) is 42.7 Å². The van der Waals surface area contributed by atoms with Crippen molar-refractivity contribution in [1.29, 1.82) is 0 Å². The minimum Gasteiger partial charge on any atom is -0.481 e. The van der Waals surface area contributed by atoms with E-state index in [4.69, 9.17) is 9.47 Å². The molecule has 1 aliphatic carbocycles. The number of alkyl carbamates (subject to hydrolysis) is 1. The maximum absolute atomic E-state index is 13.2. The molecule has 34 heavy (non-hydrogen) atoms. The van der Waals surface area contributed by atoms with Gasteiger partial charge in [-0.3, -0.25) is 9.59 Å². The summed E-state index contributed by atoms with van der Waals surface area (Å²) in [5, 5.41) is 11.9. The Morgan fingerprint density at radius 2 is 1.74 bits per heavy atom. The number of carbonyl (C=O) groups excluding carboxylic acids is 2. The van der Waals surface area contributed by atoms with Crippen LogP contribution in [0.2, 0.25) is 0 Å². The SMILES string of the molecule is O=C(O)C[C@H](NC(=O)OCC1c2ccccc2-c2ccccc21)C(=O)N1CC2CCCC1CO2. The number of nitrogens with one attached hydrogen (secondary N) is 1. The quantitative estimate of drug-likeness (QED) is 0.681. The Labute approximate surface area is 197 Å². The average Bonchev–Trinajstić information content (AvgIpc) is 2.98. The van der Waals surface area contributed by atoms with Crippen molar-refractivity contribution in [2.75, 3.05) is 19.8 Å². The van der Waals surface area contributed by atoms with Gasteiger partial charge in [-0.25, -0.2) is 4.79 Å². The fraction of sp³-hybridized carbons (Fsp3) is 0.423. The van der Waals surface area contributed by atoms with E-state index in [0.29, 0.717) is 13.2 Å². The third kappa shape index (κ3) is 4.37. The molecular formula is C26H28N2O6. The molecule has 2 amide bonds. The van der Waals surface area contributed by atoms with Crippen molar-refractivity contribution >= 4 is 18.0 Å². The predicted molar refractivity (Wildman–Crippen MR) is 123 cm³/mol. The van der Waals surface area contributed by atoms with Gasteiger partial charge in [0.05, 0.1) is 25.2 Å². The molecule has 2 unspecified atom stereocenters. The normalized spacial score (nSPS) is 21.8. The summed E-state index contributed by atoms with van der Waals surface area (Å²) in [6.07, 6.45) is 1.32. The number of amides is 2. The van der Waals surface area contributed by atoms with Gasteiger partial charge in [0.25, 0.3) is 0 Å². The Hall–Kier alpha value is -3.39. The fourth-order valence-electron chi connectivity index (χ4n) is 5.38. The number of carboxylic acids is 1. The van der Waals surface area contributed by atoms with E-state index < -0.39 is 30.4 Å². The minimum absolute atomic E-state index is 0.0392. The van der Waals surface area contributed by atoms with Crippen molar-refractivity contribution in [3.63, 3.8) is 0 Å². The molecule has 2 aromatic rings. The molecule has 6 rings (SSSR count). The zero-order chi connectivity index (χ0) is 23.7. The molecule has 3 saturated heterocycles. The van der Waals surface area contributed by atoms with Crippen LogP contribution in [-0.4, -0.2) is 65.9 Å². The summed E-state index contributed by atoms with van der Waals surface area (Å²) in [6.45, 7) is 0.962. The van der Waals surface area contributed by atoms with Crippen LogP contribution < -0.4 is 5.32 Å². The first-order valence-corrected chi connectivity index (χ1v) is 11.8. The summed E-state index contributed by atoms with van der Waals surface area (Å²) >= 11 is 0. The number of ether oxygens (including phenoxy) is 2. The van der Waals surface area contributed by atoms with E-state index in [1.165, 1.54) is 0 Å². The first kappa shape index (κ1) is 22.4. The first-order valence-electron chi connectivity index (χ1n) is 11.8. The second-order valence-electron chi connectivity index (χ2n) is 9.15. The number of carboxylic acid groups (broad SMARTS) is 1. The Kier molecular flexibility index (Phi) is 6.24. The summed E-state index contributed by atoms with van der Waals surface area (Å²) in [4.78, 5) is 39.1. The number of rotatable bonds is 6. The number of nitrogens with zero attached hydrogens (tertiary/aromatic N) is 1. The molecule has 178 valence electrons. The highest BCUT2D eigenvalue weighted by atomic mass is 16.5. The van der Waals surface area contributed by atoms with Gasteiger partial charge in [0.1, 0.15) is 12.6 Å². The summed E-state index contributed by atoms with van der Waals surface area (Å²) in [5.74, 6) is -1.67. The van der Waals surface area contributed by atoms with Crippen molar-refractivity contribution in [3.8, 4) is 11.1 Å². The zero-order valence-corrected chi connectivity index (χ0v) is 18.8. The highest BCUT2D eigenvalue weighted by molar-refractivity contribution is 5.89. The minimum atomic E-state index is -1.19. The van der Waals surface area contributed by atoms with Crippen LogP contribution in [0.25, 0.3) is 11.1 Å². The molecular weight excluding hydrogens is 436 g/mol. The van der Waals surface area contributed by atoms with E-state index in [0.717, 1.165) is 41.5 Å². The average molecular weight is 465 g/mol. The molecule has 0 aromatic heterocycles. The Morgan fingerprint density at radius 1 is 1.06 bits per heavy atom. The lowest BCUT2D eigenvalue weighted by molar-refractivity contribution is -0.149. The van der Waals surface area contributed by atoms with Gasteiger partial charge in [0.15, 0.2) is 0 Å². The maximum Gasteiger partial charge on any atom is 0.407 e. The molecule has 2 bridgehead atoms. The van der Waals surface area contributed by atoms with Crippen LogP contribution in [0.5, 0.6) is 0 Å². The van der Waals surface area contributed by atoms with Crippen molar-refractivity contribution in [2.45, 2.75) is 49.8 Å². The van der Waals surface area contributed by atoms with Crippen LogP contribution in [-0.2, 0) is 19.1 Å². The van der Waals surface area contributed by atoms with Crippen LogP contribution >= 0.6 is 0 Å². The third-order valence-electron chi connectivity index (χ3n) is 7.02. The lowest BCUT2D eigenvalue weighted by Gasteiger charge is -2.38. The molecule has 8 nitrogen and oxygen atoms in total. The Balaban J connectivity index is 1.27. The zero-order valence-electron chi connectivity index (χ0n) is 18.8. The van der Waals surface area contributed by atoms with Gasteiger partial charge < -0.3 is 24.8 Å². The molecule has 2 aromatic carbocycles. The Bertz CT molecular complexity index is 1050. The van der Waals surface area contributed by atoms with Gasteiger partial charge in [0.2, 0.25) is 5.91 Å². The molecule has 0 radical (unpaired) electrons. The van der Waals surface area contributed by atoms with Crippen LogP contribution in [0.4, 0.5) is 4.79 Å². The van der Waals surface area contributed by atoms with E-state index in [1.807, 2.05) is 36.4 Å². The van der Waals surface area contributed by atoms with E-state index in [9.17, 15) is 19.5 Å². The summed E-state index contributed by atoms with van der Waals surface area (Å²) in [5.41, 5.74) is 4.39. The molecule has 4 aliphatic rings. The number of hydrogen-bond donors (Lipinski definition) is 2. The molecule has 0 saturated carbocycles. The second kappa shape index (κ2) is 9.46. The van der Waals surface area contributed by atoms with Gasteiger partial charge in [-0.1, -0.05) is 48.5 Å². The smallest absolute Gasteiger partial charge is 0.407 e. The van der Waals surface area contributed by atoms with Crippen LogP contribution in [0.15, 0.2) is 48.5 Å². The Morgan fingerprint density at radius 3 is 2.41 bits per heavy atom. The second-order valence-corrected chi connectivity index (χ2v) is 9.15. The molecule has 3 atom stereocenters. The molecule has 3 aliphatic heterocycles. The third-order valence-corrected chi connectivity index (χ3v) is 7.02. The number of hydrogen-bond acceptors (Lipinski definition) is 5. The van der Waals surface area contributed by atoms with Gasteiger partial charge in [-0.15, -0.1) is 0 Å². The first-order chi connectivity index (χ1) is 16.5. The highest BCUT2D eigenvalue weighted by Gasteiger charge is 2.39. The lowest BCUT2D eigenvalue weighted by atomic mass is 9.98. The largest absolute Gasteiger partial charge is 0.481 e. The monoisotopic (exact) mass is 464 g/mol. The molecule has 8 heteroatoms. The molecule has 3 fully saturated rings. The summed E-state index contributed by atoms with van der Waals surface area (Å²) in [7, 11) is 0. The predicted octanol–water partition coefficient (Wildman–Crippen LogP) is 3.15. The van der Waals surface area contributed by atoms with Gasteiger partial charge in [0, 0.05) is 12.5 Å². The number of morpholine rings is 1. The van der Waals surface area contributed by atoms with Crippen LogP contribution in [0.3, 0.4) is 0 Å². The lowest BCUT2D eigenvalue weighted by Crippen LogP contribution is -2.57. The van der Waals surface area contributed by atoms with E-state index in [-0.39, 0.29) is 24.7 Å². The van der Waals surface area contributed by atoms with E-state index in [1.54, 1.807) is 4.90 Å². The standard InChI is InChI=1S/C26H28N2O6/c29-24(30)12-23(25(31)28-13-17-7-5-6-16(28)14-33-17)27-26(32)34-15-22-20-10-3-1-8-18(20)19-9-2-4-11-21(19)22/h1-4,8-11,16-17,22-23H,5-7,12-15H2,(H,27,32)(H,29,30)/t16?,17?,23-/m0/s1. The van der Waals surface area contributed by atoms with E-state index >= 15 is 0 Å². The van der Waals surface area contributed by atoms with Crippen molar-refractivity contribution < 1.29 is 29.0 Å². The van der Waals surface area contributed by atoms with Crippen molar-refractivity contribution in [1.82, 2.24) is 10.2 Å². The summed E-state index contributed by atoms with van der Waals surface area (Å²) < 4.78 is 11.3. The van der Waals surface area contributed by atoms with Gasteiger partial charge in [-0.05, 0) is 41.5 Å². The van der Waals surface area contributed by atoms with Gasteiger partial charge >= 0.3 is 12.1 Å². The van der Waals surface area contributed by atoms with Crippen LogP contribution in [0, 0.1) is 0 Å². The van der Waals surface area contributed by atoms with Gasteiger partial charge in [-0.2, -0.15) is 0 Å². The van der Waals surface area contributed by atoms with E-state index in [2.05, 4.69) is 17.4 Å². The molecule has 0 spiro atoms. The maximum atomic E-state index is 13.2. The number of fused-ring (bicyclic) bond motifs is 7.